The minimum absolute atomic E-state index is 0.0432. The zero-order valence-corrected chi connectivity index (χ0v) is 24.3. The molecule has 4 rings (SSSR count). The summed E-state index contributed by atoms with van der Waals surface area (Å²) in [6.45, 7) is 1.45. The summed E-state index contributed by atoms with van der Waals surface area (Å²) in [5.41, 5.74) is 1.21. The highest BCUT2D eigenvalue weighted by atomic mass is 35.5. The van der Waals surface area contributed by atoms with Gasteiger partial charge >= 0.3 is 0 Å². The van der Waals surface area contributed by atoms with Crippen LogP contribution in [0.3, 0.4) is 0 Å². The molecule has 0 bridgehead atoms. The lowest BCUT2D eigenvalue weighted by atomic mass is 9.95. The van der Waals surface area contributed by atoms with Crippen molar-refractivity contribution in [3.8, 4) is 0 Å². The average molecular weight is 582 g/mol. The molecule has 1 N–H and O–H groups in total. The third kappa shape index (κ3) is 7.43. The smallest absolute Gasteiger partial charge is 0.264 e. The molecule has 3 aromatic carbocycles. The zero-order chi connectivity index (χ0) is 28.5. The third-order valence-electron chi connectivity index (χ3n) is 7.33. The number of anilines is 1. The molecule has 0 spiro atoms. The summed E-state index contributed by atoms with van der Waals surface area (Å²) in [5, 5.41) is 3.32. The highest BCUT2D eigenvalue weighted by Crippen LogP contribution is 2.30. The number of benzene rings is 3. The standard InChI is InChI=1S/C31H36ClN3O4S/c1-24(31(37)33-26-15-7-3-8-16-26)34(22-21-25-13-5-2-6-14-25)30(36)23-35(29-20-12-11-19-28(29)32)40(38,39)27-17-9-4-10-18-27/h2,4-6,9-14,17-20,24,26H,3,7-8,15-16,21-23H2,1H3,(H,33,37)/t24-/m1/s1. The van der Waals surface area contributed by atoms with Crippen molar-refractivity contribution in [3.05, 3.63) is 95.5 Å². The van der Waals surface area contributed by atoms with E-state index < -0.39 is 28.5 Å². The first-order chi connectivity index (χ1) is 19.3. The number of carbonyl (C=O) groups excluding carboxylic acids is 2. The summed E-state index contributed by atoms with van der Waals surface area (Å²) >= 11 is 6.44. The van der Waals surface area contributed by atoms with Crippen LogP contribution in [-0.2, 0) is 26.0 Å². The van der Waals surface area contributed by atoms with Crippen molar-refractivity contribution in [2.75, 3.05) is 17.4 Å². The van der Waals surface area contributed by atoms with Gasteiger partial charge in [-0.25, -0.2) is 8.42 Å². The minimum Gasteiger partial charge on any atom is -0.352 e. The second-order valence-corrected chi connectivity index (χ2v) is 12.4. The highest BCUT2D eigenvalue weighted by molar-refractivity contribution is 7.92. The molecule has 9 heteroatoms. The van der Waals surface area contributed by atoms with Gasteiger partial charge in [0.05, 0.1) is 15.6 Å². The molecule has 0 saturated heterocycles. The number of halogens is 1. The largest absolute Gasteiger partial charge is 0.352 e. The Morgan fingerprint density at radius 2 is 1.50 bits per heavy atom. The van der Waals surface area contributed by atoms with Crippen LogP contribution < -0.4 is 9.62 Å². The van der Waals surface area contributed by atoms with E-state index in [-0.39, 0.29) is 34.1 Å². The number of rotatable bonds is 11. The molecule has 1 atom stereocenters. The first kappa shape index (κ1) is 29.6. The van der Waals surface area contributed by atoms with Crippen molar-refractivity contribution in [1.29, 1.82) is 0 Å². The Morgan fingerprint density at radius 3 is 2.15 bits per heavy atom. The van der Waals surface area contributed by atoms with E-state index in [4.69, 9.17) is 11.6 Å². The van der Waals surface area contributed by atoms with Gasteiger partial charge in [-0.2, -0.15) is 0 Å². The van der Waals surface area contributed by atoms with E-state index >= 15 is 0 Å². The Morgan fingerprint density at radius 1 is 0.900 bits per heavy atom. The van der Waals surface area contributed by atoms with Gasteiger partial charge in [0.15, 0.2) is 0 Å². The van der Waals surface area contributed by atoms with Crippen LogP contribution in [0, 0.1) is 0 Å². The van der Waals surface area contributed by atoms with Crippen LogP contribution in [0.2, 0.25) is 5.02 Å². The lowest BCUT2D eigenvalue weighted by Crippen LogP contribution is -2.53. The van der Waals surface area contributed by atoms with E-state index in [0.29, 0.717) is 6.42 Å². The van der Waals surface area contributed by atoms with Gasteiger partial charge in [0.25, 0.3) is 10.0 Å². The molecule has 1 saturated carbocycles. The minimum atomic E-state index is -4.14. The van der Waals surface area contributed by atoms with Crippen LogP contribution in [0.4, 0.5) is 5.69 Å². The molecule has 1 fully saturated rings. The molecule has 0 heterocycles. The number of hydrogen-bond donors (Lipinski definition) is 1. The number of hydrogen-bond acceptors (Lipinski definition) is 4. The van der Waals surface area contributed by atoms with Gasteiger partial charge in [-0.1, -0.05) is 91.5 Å². The Labute approximate surface area is 242 Å². The Hall–Kier alpha value is -3.36. The fourth-order valence-electron chi connectivity index (χ4n) is 5.03. The van der Waals surface area contributed by atoms with Gasteiger partial charge in [-0.3, -0.25) is 13.9 Å². The zero-order valence-electron chi connectivity index (χ0n) is 22.7. The number of amides is 2. The van der Waals surface area contributed by atoms with Gasteiger partial charge in [0, 0.05) is 12.6 Å². The van der Waals surface area contributed by atoms with E-state index in [1.54, 1.807) is 49.4 Å². The average Bonchev–Trinajstić information content (AvgIpc) is 2.98. The van der Waals surface area contributed by atoms with E-state index in [0.717, 1.165) is 42.0 Å². The van der Waals surface area contributed by atoms with Crippen LogP contribution in [-0.4, -0.2) is 50.3 Å². The third-order valence-corrected chi connectivity index (χ3v) is 9.43. The van der Waals surface area contributed by atoms with Crippen molar-refractivity contribution in [2.45, 2.75) is 62.4 Å². The maximum absolute atomic E-state index is 14.0. The molecular weight excluding hydrogens is 546 g/mol. The normalized spacial score (nSPS) is 14.8. The Bertz CT molecular complexity index is 1380. The molecule has 40 heavy (non-hydrogen) atoms. The van der Waals surface area contributed by atoms with Crippen LogP contribution in [0.15, 0.2) is 89.8 Å². The van der Waals surface area contributed by atoms with Gasteiger partial charge < -0.3 is 10.2 Å². The molecule has 1 aliphatic carbocycles. The van der Waals surface area contributed by atoms with Crippen molar-refractivity contribution in [1.82, 2.24) is 10.2 Å². The number of para-hydroxylation sites is 1. The van der Waals surface area contributed by atoms with Crippen molar-refractivity contribution in [2.24, 2.45) is 0 Å². The summed E-state index contributed by atoms with van der Waals surface area (Å²) < 4.78 is 28.6. The van der Waals surface area contributed by atoms with Gasteiger partial charge in [-0.15, -0.1) is 0 Å². The maximum Gasteiger partial charge on any atom is 0.264 e. The van der Waals surface area contributed by atoms with Crippen LogP contribution >= 0.6 is 11.6 Å². The second kappa shape index (κ2) is 13.8. The molecular formula is C31H36ClN3O4S. The summed E-state index contributed by atoms with van der Waals surface area (Å²) in [7, 11) is -4.14. The molecule has 0 radical (unpaired) electrons. The maximum atomic E-state index is 14.0. The number of nitrogens with one attached hydrogen (secondary N) is 1. The highest BCUT2D eigenvalue weighted by Gasteiger charge is 2.33. The first-order valence-electron chi connectivity index (χ1n) is 13.7. The molecule has 7 nitrogen and oxygen atoms in total. The number of nitrogens with zero attached hydrogens (tertiary/aromatic N) is 2. The molecule has 0 aromatic heterocycles. The summed E-state index contributed by atoms with van der Waals surface area (Å²) in [6, 6.07) is 23.5. The van der Waals surface area contributed by atoms with Crippen LogP contribution in [0.1, 0.15) is 44.6 Å². The Balaban J connectivity index is 1.63. The summed E-state index contributed by atoms with van der Waals surface area (Å²) in [6.07, 6.45) is 5.67. The van der Waals surface area contributed by atoms with Gasteiger partial charge in [0.1, 0.15) is 12.6 Å². The van der Waals surface area contributed by atoms with Crippen LogP contribution in [0.5, 0.6) is 0 Å². The van der Waals surface area contributed by atoms with E-state index in [2.05, 4.69) is 5.32 Å². The molecule has 2 amide bonds. The molecule has 0 aliphatic heterocycles. The number of sulfonamides is 1. The number of carbonyl (C=O) groups is 2. The SMILES string of the molecule is C[C@H](C(=O)NC1CCCCC1)N(CCc1ccccc1)C(=O)CN(c1ccccc1Cl)S(=O)(=O)c1ccccc1. The Kier molecular flexibility index (Phi) is 10.2. The predicted molar refractivity (Wildman–Crippen MR) is 159 cm³/mol. The lowest BCUT2D eigenvalue weighted by Gasteiger charge is -2.33. The topological polar surface area (TPSA) is 86.8 Å². The van der Waals surface area contributed by atoms with Crippen molar-refractivity contribution < 1.29 is 18.0 Å². The van der Waals surface area contributed by atoms with Gasteiger partial charge in [-0.05, 0) is 56.0 Å². The monoisotopic (exact) mass is 581 g/mol. The van der Waals surface area contributed by atoms with Crippen molar-refractivity contribution >= 4 is 39.1 Å². The van der Waals surface area contributed by atoms with E-state index in [1.807, 2.05) is 30.3 Å². The summed E-state index contributed by atoms with van der Waals surface area (Å²) in [5.74, 6) is -0.717. The van der Waals surface area contributed by atoms with Gasteiger partial charge in [0.2, 0.25) is 11.8 Å². The lowest BCUT2D eigenvalue weighted by molar-refractivity contribution is -0.139. The summed E-state index contributed by atoms with van der Waals surface area (Å²) in [4.78, 5) is 28.8. The predicted octanol–water partition coefficient (Wildman–Crippen LogP) is 5.44. The molecule has 1 aliphatic rings. The molecule has 212 valence electrons. The molecule has 3 aromatic rings. The van der Waals surface area contributed by atoms with Crippen molar-refractivity contribution in [3.63, 3.8) is 0 Å². The second-order valence-electron chi connectivity index (χ2n) is 10.1. The van der Waals surface area contributed by atoms with E-state index in [1.165, 1.54) is 17.0 Å². The quantitative estimate of drug-likeness (QED) is 0.326. The van der Waals surface area contributed by atoms with Crippen LogP contribution in [0.25, 0.3) is 0 Å². The fourth-order valence-corrected chi connectivity index (χ4v) is 6.77. The molecule has 0 unspecified atom stereocenters. The fraction of sp³-hybridized carbons (Fsp3) is 0.355. The first-order valence-corrected chi connectivity index (χ1v) is 15.6. The van der Waals surface area contributed by atoms with E-state index in [9.17, 15) is 18.0 Å².